The molecule has 0 saturated heterocycles. The smallest absolute Gasteiger partial charge is 0.123 e. The zero-order valence-corrected chi connectivity index (χ0v) is 24.1. The molecular weight excluding hydrogens is 442 g/mol. The molecule has 1 aromatic rings. The van der Waals surface area contributed by atoms with E-state index in [-0.39, 0.29) is 0 Å². The van der Waals surface area contributed by atoms with Crippen LogP contribution in [0.25, 0.3) is 0 Å². The van der Waals surface area contributed by atoms with E-state index in [4.69, 9.17) is 9.47 Å². The third kappa shape index (κ3) is 9.11. The minimum absolute atomic E-state index is 0.493. The van der Waals surface area contributed by atoms with Crippen molar-refractivity contribution in [2.24, 2.45) is 0 Å². The molecule has 1 fully saturated rings. The Morgan fingerprint density at radius 2 is 1.64 bits per heavy atom. The Bertz CT molecular complexity index is 1040. The second kappa shape index (κ2) is 15.7. The third-order valence-corrected chi connectivity index (χ3v) is 5.77. The number of nitrogens with zero attached hydrogens (tertiary/aromatic N) is 1. The summed E-state index contributed by atoms with van der Waals surface area (Å²) in [4.78, 5) is 2.17. The second-order valence-electron chi connectivity index (χ2n) is 8.76. The van der Waals surface area contributed by atoms with E-state index in [0.717, 1.165) is 39.7 Å². The summed E-state index contributed by atoms with van der Waals surface area (Å²) in [5, 5.41) is 0. The van der Waals surface area contributed by atoms with Crippen LogP contribution in [0.2, 0.25) is 0 Å². The Hall–Kier alpha value is -3.20. The first-order chi connectivity index (χ1) is 17.2. The number of allylic oxidation sites excluding steroid dienone is 9. The summed E-state index contributed by atoms with van der Waals surface area (Å²) >= 11 is 0. The van der Waals surface area contributed by atoms with Crippen molar-refractivity contribution < 1.29 is 9.47 Å². The fraction of sp³-hybridized carbons (Fsp3) is 0.394. The van der Waals surface area contributed by atoms with Crippen molar-refractivity contribution >= 4 is 0 Å². The van der Waals surface area contributed by atoms with Gasteiger partial charge in [0.25, 0.3) is 0 Å². The maximum absolute atomic E-state index is 6.05. The highest BCUT2D eigenvalue weighted by Crippen LogP contribution is 2.36. The fourth-order valence-corrected chi connectivity index (χ4v) is 3.52. The lowest BCUT2D eigenvalue weighted by Gasteiger charge is -2.32. The Morgan fingerprint density at radius 3 is 2.11 bits per heavy atom. The number of rotatable bonds is 8. The molecule has 0 bridgehead atoms. The Kier molecular flexibility index (Phi) is 13.5. The van der Waals surface area contributed by atoms with Crippen LogP contribution in [0.3, 0.4) is 0 Å². The van der Waals surface area contributed by atoms with Gasteiger partial charge in [-0.25, -0.2) is 0 Å². The highest BCUT2D eigenvalue weighted by Gasteiger charge is 2.22. The number of methoxy groups -OCH3 is 1. The summed E-state index contributed by atoms with van der Waals surface area (Å²) in [5.41, 5.74) is 9.19. The van der Waals surface area contributed by atoms with Gasteiger partial charge >= 0.3 is 0 Å². The van der Waals surface area contributed by atoms with Gasteiger partial charge in [-0.1, -0.05) is 71.1 Å². The van der Waals surface area contributed by atoms with Crippen LogP contribution < -0.4 is 4.74 Å². The lowest BCUT2D eigenvalue weighted by atomic mass is 10.0. The summed E-state index contributed by atoms with van der Waals surface area (Å²) in [6.07, 6.45) is 12.0. The summed E-state index contributed by atoms with van der Waals surface area (Å²) in [6, 6.07) is 7.91. The van der Waals surface area contributed by atoms with E-state index >= 15 is 0 Å². The molecule has 1 aromatic carbocycles. The lowest BCUT2D eigenvalue weighted by molar-refractivity contribution is 0.207. The number of hydrogen-bond acceptors (Lipinski definition) is 3. The molecule has 3 heteroatoms. The van der Waals surface area contributed by atoms with Gasteiger partial charge in [0.05, 0.1) is 7.11 Å². The van der Waals surface area contributed by atoms with Gasteiger partial charge in [-0.15, -0.1) is 0 Å². The van der Waals surface area contributed by atoms with E-state index in [0.29, 0.717) is 6.61 Å². The molecule has 1 heterocycles. The number of benzene rings is 1. The van der Waals surface area contributed by atoms with E-state index in [9.17, 15) is 0 Å². The molecular formula is C33H47NO2. The molecule has 0 radical (unpaired) electrons. The van der Waals surface area contributed by atoms with Crippen LogP contribution in [-0.4, -0.2) is 12.0 Å². The van der Waals surface area contributed by atoms with Crippen molar-refractivity contribution in [1.82, 2.24) is 4.90 Å². The average molecular weight is 490 g/mol. The van der Waals surface area contributed by atoms with Crippen molar-refractivity contribution in [1.29, 1.82) is 0 Å². The van der Waals surface area contributed by atoms with E-state index in [1.54, 1.807) is 7.11 Å². The first-order valence-electron chi connectivity index (χ1n) is 13.1. The summed E-state index contributed by atoms with van der Waals surface area (Å²) in [6.45, 7) is 25.8. The molecule has 0 aromatic heterocycles. The van der Waals surface area contributed by atoms with Gasteiger partial charge < -0.3 is 14.4 Å². The Labute approximate surface area is 220 Å². The minimum atomic E-state index is 0.493. The molecule has 36 heavy (non-hydrogen) atoms. The van der Waals surface area contributed by atoms with Crippen molar-refractivity contribution in [2.45, 2.75) is 81.3 Å². The molecule has 0 atom stereocenters. The Morgan fingerprint density at radius 1 is 1.06 bits per heavy atom. The number of hydrogen-bond donors (Lipinski definition) is 0. The molecule has 1 aliphatic heterocycles. The fourth-order valence-electron chi connectivity index (χ4n) is 3.52. The predicted molar refractivity (Wildman–Crippen MR) is 157 cm³/mol. The SMILES string of the molecule is C=C(/C=C(\C(C)=C/C)N1C(=C)C=C(OCc2ccc(OC)cc2)C=C1C)C(C)=C1CC1.CC.CCC. The van der Waals surface area contributed by atoms with Crippen molar-refractivity contribution in [3.05, 3.63) is 112 Å². The normalized spacial score (nSPS) is 15.0. The number of ether oxygens (including phenoxy) is 2. The van der Waals surface area contributed by atoms with E-state index in [1.807, 2.05) is 44.2 Å². The minimum Gasteiger partial charge on any atom is -0.497 e. The van der Waals surface area contributed by atoms with Crippen LogP contribution in [0.15, 0.2) is 107 Å². The van der Waals surface area contributed by atoms with Gasteiger partial charge in [-0.05, 0) is 87.1 Å². The van der Waals surface area contributed by atoms with Gasteiger partial charge in [0.15, 0.2) is 0 Å². The molecule has 0 amide bonds. The molecule has 2 aliphatic rings. The maximum atomic E-state index is 6.05. The highest BCUT2D eigenvalue weighted by atomic mass is 16.5. The van der Waals surface area contributed by atoms with Gasteiger partial charge in [0, 0.05) is 23.2 Å². The van der Waals surface area contributed by atoms with Crippen LogP contribution in [0.4, 0.5) is 0 Å². The standard InChI is InChI=1S/C28H33NO2.C3H8.C2H6/c1-8-19(2)28(15-20(3)23(6)25-11-12-25)29-21(4)16-27(17-22(29)5)31-18-24-9-13-26(30-7)14-10-24;1-3-2;1-2/h8-10,13-17H,3-4,11-12,18H2,1-2,5-7H3;3H2,1-2H3;1-2H3/b19-8-,28-15+;;. The van der Waals surface area contributed by atoms with Crippen molar-refractivity contribution in [3.63, 3.8) is 0 Å². The summed E-state index contributed by atoms with van der Waals surface area (Å²) in [7, 11) is 1.67. The molecule has 0 unspecified atom stereocenters. The van der Waals surface area contributed by atoms with Crippen LogP contribution in [0, 0.1) is 0 Å². The zero-order chi connectivity index (χ0) is 27.3. The average Bonchev–Trinajstić information content (AvgIpc) is 3.73. The molecule has 0 N–H and O–H groups in total. The van der Waals surface area contributed by atoms with Crippen molar-refractivity contribution in [3.8, 4) is 5.75 Å². The largest absolute Gasteiger partial charge is 0.497 e. The van der Waals surface area contributed by atoms with Crippen LogP contribution >= 0.6 is 0 Å². The van der Waals surface area contributed by atoms with E-state index < -0.39 is 0 Å². The molecule has 3 rings (SSSR count). The maximum Gasteiger partial charge on any atom is 0.123 e. The Balaban J connectivity index is 0.00000120. The predicted octanol–water partition coefficient (Wildman–Crippen LogP) is 9.79. The van der Waals surface area contributed by atoms with E-state index in [2.05, 4.69) is 77.8 Å². The second-order valence-corrected chi connectivity index (χ2v) is 8.76. The van der Waals surface area contributed by atoms with Gasteiger partial charge in [0.2, 0.25) is 0 Å². The molecule has 1 aliphatic carbocycles. The van der Waals surface area contributed by atoms with Gasteiger partial charge in [-0.2, -0.15) is 0 Å². The van der Waals surface area contributed by atoms with Crippen molar-refractivity contribution in [2.75, 3.05) is 7.11 Å². The third-order valence-electron chi connectivity index (χ3n) is 5.77. The topological polar surface area (TPSA) is 21.7 Å². The summed E-state index contributed by atoms with van der Waals surface area (Å²) in [5.74, 6) is 1.65. The van der Waals surface area contributed by atoms with Crippen LogP contribution in [-0.2, 0) is 11.3 Å². The van der Waals surface area contributed by atoms with Crippen LogP contribution in [0.5, 0.6) is 5.75 Å². The molecule has 0 spiro atoms. The van der Waals surface area contributed by atoms with Crippen LogP contribution in [0.1, 0.15) is 80.2 Å². The molecule has 196 valence electrons. The van der Waals surface area contributed by atoms with Gasteiger partial charge in [0.1, 0.15) is 18.1 Å². The molecule has 1 saturated carbocycles. The lowest BCUT2D eigenvalue weighted by Crippen LogP contribution is -2.23. The first kappa shape index (κ1) is 30.8. The summed E-state index contributed by atoms with van der Waals surface area (Å²) < 4.78 is 11.3. The first-order valence-corrected chi connectivity index (χ1v) is 13.1. The van der Waals surface area contributed by atoms with Gasteiger partial charge in [-0.3, -0.25) is 0 Å². The van der Waals surface area contributed by atoms with E-state index in [1.165, 1.54) is 36.0 Å². The molecule has 3 nitrogen and oxygen atoms in total. The monoisotopic (exact) mass is 489 g/mol. The highest BCUT2D eigenvalue weighted by molar-refractivity contribution is 5.50. The zero-order valence-electron chi connectivity index (χ0n) is 24.1. The quantitative estimate of drug-likeness (QED) is 0.339.